The van der Waals surface area contributed by atoms with E-state index in [-0.39, 0.29) is 5.82 Å². The number of hydrogen-bond acceptors (Lipinski definition) is 8. The molecule has 25 heavy (non-hydrogen) atoms. The Labute approximate surface area is 145 Å². The molecule has 1 aromatic heterocycles. The van der Waals surface area contributed by atoms with Gasteiger partial charge in [0.15, 0.2) is 17.5 Å². The molecule has 0 saturated carbocycles. The molecule has 130 valence electrons. The highest BCUT2D eigenvalue weighted by Crippen LogP contribution is 2.31. The first-order chi connectivity index (χ1) is 12.1. The molecule has 1 aromatic carbocycles. The molecule has 1 fully saturated rings. The molecule has 1 aliphatic heterocycles. The van der Waals surface area contributed by atoms with Gasteiger partial charge < -0.3 is 25.8 Å². The Balaban J connectivity index is 1.76. The van der Waals surface area contributed by atoms with E-state index in [0.717, 1.165) is 13.1 Å². The fourth-order valence-corrected chi connectivity index (χ4v) is 2.31. The summed E-state index contributed by atoms with van der Waals surface area (Å²) < 4.78 is 11.2. The molecule has 0 bridgehead atoms. The van der Waals surface area contributed by atoms with Crippen molar-refractivity contribution in [2.45, 2.75) is 0 Å². The maximum absolute atomic E-state index is 5.88. The normalized spacial score (nSPS) is 14.6. The lowest BCUT2D eigenvalue weighted by Gasteiger charge is -2.29. The number of azo groups is 1. The monoisotopic (exact) mass is 340 g/mol. The summed E-state index contributed by atoms with van der Waals surface area (Å²) in [5.41, 5.74) is 12.4. The number of nitrogens with two attached hydrogens (primary N) is 2. The summed E-state index contributed by atoms with van der Waals surface area (Å²) in [7, 11) is 0. The third-order valence-corrected chi connectivity index (χ3v) is 3.65. The second kappa shape index (κ2) is 7.63. The molecule has 0 unspecified atom stereocenters. The van der Waals surface area contributed by atoms with E-state index in [0.29, 0.717) is 42.0 Å². The summed E-state index contributed by atoms with van der Waals surface area (Å²) in [4.78, 5) is 5.98. The lowest BCUT2D eigenvalue weighted by molar-refractivity contribution is 0.0355. The molecule has 1 saturated heterocycles. The van der Waals surface area contributed by atoms with Gasteiger partial charge >= 0.3 is 0 Å². The zero-order chi connectivity index (χ0) is 17.6. The van der Waals surface area contributed by atoms with E-state index in [1.165, 1.54) is 0 Å². The predicted molar refractivity (Wildman–Crippen MR) is 95.8 cm³/mol. The third-order valence-electron chi connectivity index (χ3n) is 3.65. The van der Waals surface area contributed by atoms with E-state index in [1.807, 2.05) is 23.1 Å². The van der Waals surface area contributed by atoms with Gasteiger partial charge in [0, 0.05) is 13.1 Å². The van der Waals surface area contributed by atoms with Crippen molar-refractivity contribution in [1.29, 1.82) is 0 Å². The van der Waals surface area contributed by atoms with Crippen LogP contribution in [0.4, 0.5) is 23.0 Å². The van der Waals surface area contributed by atoms with Gasteiger partial charge in [-0.1, -0.05) is 12.1 Å². The van der Waals surface area contributed by atoms with Crippen LogP contribution in [0, 0.1) is 0 Å². The quantitative estimate of drug-likeness (QED) is 0.639. The lowest BCUT2D eigenvalue weighted by Crippen LogP contribution is -2.36. The smallest absolute Gasteiger partial charge is 0.189 e. The molecular weight excluding hydrogens is 320 g/mol. The molecule has 2 aromatic rings. The van der Waals surface area contributed by atoms with Crippen molar-refractivity contribution < 1.29 is 9.47 Å². The van der Waals surface area contributed by atoms with Crippen LogP contribution in [-0.4, -0.2) is 36.2 Å². The van der Waals surface area contributed by atoms with E-state index in [4.69, 9.17) is 20.9 Å². The van der Waals surface area contributed by atoms with Crippen LogP contribution in [0.25, 0.3) is 0 Å². The topological polar surface area (TPSA) is 111 Å². The number of aromatic nitrogens is 1. The number of para-hydroxylation sites is 1. The second-order valence-electron chi connectivity index (χ2n) is 5.40. The summed E-state index contributed by atoms with van der Waals surface area (Å²) in [5, 5.41) is 8.36. The third kappa shape index (κ3) is 4.24. The largest absolute Gasteiger partial charge is 0.440 e. The molecule has 1 aliphatic rings. The van der Waals surface area contributed by atoms with Crippen LogP contribution in [0.5, 0.6) is 5.75 Å². The maximum Gasteiger partial charge on any atom is 0.189 e. The van der Waals surface area contributed by atoms with Crippen molar-refractivity contribution >= 4 is 23.0 Å². The number of pyridine rings is 1. The highest BCUT2D eigenvalue weighted by molar-refractivity contribution is 5.60. The van der Waals surface area contributed by atoms with Crippen molar-refractivity contribution in [2.24, 2.45) is 10.2 Å². The van der Waals surface area contributed by atoms with Crippen LogP contribution in [0.3, 0.4) is 0 Å². The second-order valence-corrected chi connectivity index (χ2v) is 5.40. The van der Waals surface area contributed by atoms with Crippen molar-refractivity contribution in [2.75, 3.05) is 37.8 Å². The van der Waals surface area contributed by atoms with Crippen LogP contribution < -0.4 is 16.2 Å². The van der Waals surface area contributed by atoms with E-state index < -0.39 is 0 Å². The first kappa shape index (κ1) is 16.7. The summed E-state index contributed by atoms with van der Waals surface area (Å²) in [6.45, 7) is 6.80. The first-order valence-corrected chi connectivity index (χ1v) is 7.86. The molecule has 0 radical (unpaired) electrons. The summed E-state index contributed by atoms with van der Waals surface area (Å²) in [6.07, 6.45) is 0. The average Bonchev–Trinajstić information content (AvgIpc) is 2.63. The highest BCUT2D eigenvalue weighted by atomic mass is 16.5. The van der Waals surface area contributed by atoms with Gasteiger partial charge in [0.2, 0.25) is 0 Å². The molecule has 0 aliphatic carbocycles. The van der Waals surface area contributed by atoms with E-state index in [2.05, 4.69) is 21.8 Å². The molecule has 0 amide bonds. The molecular formula is C17H20N6O2. The molecule has 0 atom stereocenters. The van der Waals surface area contributed by atoms with Crippen LogP contribution >= 0.6 is 0 Å². The van der Waals surface area contributed by atoms with Gasteiger partial charge in [-0.25, -0.2) is 4.98 Å². The Kier molecular flexibility index (Phi) is 5.10. The fraction of sp³-hybridized carbons (Fsp3) is 0.235. The van der Waals surface area contributed by atoms with E-state index in [9.17, 15) is 0 Å². The Morgan fingerprint density at radius 1 is 1.08 bits per heavy atom. The Hall–Kier alpha value is -3.13. The lowest BCUT2D eigenvalue weighted by atomic mass is 10.3. The minimum absolute atomic E-state index is 0.222. The van der Waals surface area contributed by atoms with Crippen molar-refractivity contribution in [3.8, 4) is 5.75 Å². The summed E-state index contributed by atoms with van der Waals surface area (Å²) in [6, 6.07) is 10.6. The van der Waals surface area contributed by atoms with Gasteiger partial charge in [-0.2, -0.15) is 0 Å². The molecule has 4 N–H and O–H groups in total. The first-order valence-electron chi connectivity index (χ1n) is 7.86. The Morgan fingerprint density at radius 2 is 1.80 bits per heavy atom. The highest BCUT2D eigenvalue weighted by Gasteiger charge is 2.15. The molecule has 3 rings (SSSR count). The Morgan fingerprint density at radius 3 is 2.56 bits per heavy atom. The molecule has 0 spiro atoms. The van der Waals surface area contributed by atoms with Gasteiger partial charge in [-0.05, 0) is 30.8 Å². The number of anilines is 2. The van der Waals surface area contributed by atoms with Gasteiger partial charge in [-0.3, -0.25) is 0 Å². The zero-order valence-electron chi connectivity index (χ0n) is 13.8. The van der Waals surface area contributed by atoms with Crippen LogP contribution in [0.15, 0.2) is 59.1 Å². The molecule has 8 heteroatoms. The minimum atomic E-state index is 0.222. The SMILES string of the molecule is C=C(Oc1ccccc1/N=N/c1ccc(N)nc1N)N1CCOCC1. The maximum atomic E-state index is 5.88. The standard InChI is InChI=1S/C17H20N6O2/c1-12(23-8-10-24-11-9-23)25-15-5-3-2-4-13(15)21-22-14-6-7-16(18)20-17(14)19/h2-7H,1,8-11H2,(H4,18,19,20)/b22-21+. The van der Waals surface area contributed by atoms with Crippen molar-refractivity contribution in [1.82, 2.24) is 9.88 Å². The van der Waals surface area contributed by atoms with E-state index >= 15 is 0 Å². The van der Waals surface area contributed by atoms with Crippen molar-refractivity contribution in [3.63, 3.8) is 0 Å². The minimum Gasteiger partial charge on any atom is -0.440 e. The van der Waals surface area contributed by atoms with Crippen LogP contribution in [0.1, 0.15) is 0 Å². The van der Waals surface area contributed by atoms with Crippen LogP contribution in [-0.2, 0) is 4.74 Å². The number of hydrogen-bond donors (Lipinski definition) is 2. The summed E-state index contributed by atoms with van der Waals surface area (Å²) in [5.74, 6) is 1.67. The Bertz CT molecular complexity index is 786. The van der Waals surface area contributed by atoms with Gasteiger partial charge in [0.05, 0.1) is 13.2 Å². The number of ether oxygens (including phenoxy) is 2. The van der Waals surface area contributed by atoms with Gasteiger partial charge in [-0.15, -0.1) is 10.2 Å². The number of nitrogens with zero attached hydrogens (tertiary/aromatic N) is 4. The van der Waals surface area contributed by atoms with Crippen LogP contribution in [0.2, 0.25) is 0 Å². The zero-order valence-corrected chi connectivity index (χ0v) is 13.8. The fourth-order valence-electron chi connectivity index (χ4n) is 2.31. The number of benzene rings is 1. The number of nitrogen functional groups attached to an aromatic ring is 2. The van der Waals surface area contributed by atoms with Gasteiger partial charge in [0.25, 0.3) is 0 Å². The van der Waals surface area contributed by atoms with E-state index in [1.54, 1.807) is 18.2 Å². The number of rotatable bonds is 5. The van der Waals surface area contributed by atoms with Crippen molar-refractivity contribution in [3.05, 3.63) is 48.9 Å². The van der Waals surface area contributed by atoms with Gasteiger partial charge in [0.1, 0.15) is 17.2 Å². The number of morpholine rings is 1. The average molecular weight is 340 g/mol. The molecule has 8 nitrogen and oxygen atoms in total. The summed E-state index contributed by atoms with van der Waals surface area (Å²) >= 11 is 0. The predicted octanol–water partition coefficient (Wildman–Crippen LogP) is 2.84. The molecule has 2 heterocycles.